The number of phosphoric ester groups is 1. The molecule has 426 valence electrons. The van der Waals surface area contributed by atoms with Gasteiger partial charge in [-0.15, -0.1) is 0 Å². The summed E-state index contributed by atoms with van der Waals surface area (Å²) < 4.78 is 28.3. The number of aliphatic hydroxyl groups excluding tert-OH is 1. The zero-order valence-corrected chi connectivity index (χ0v) is 44.8. The van der Waals surface area contributed by atoms with Crippen LogP contribution >= 0.6 is 20.0 Å². The van der Waals surface area contributed by atoms with Crippen molar-refractivity contribution in [3.05, 3.63) is 137 Å². The predicted octanol–water partition coefficient (Wildman–Crippen LogP) is 1.65. The van der Waals surface area contributed by atoms with Crippen LogP contribution in [-0.2, 0) is 50.1 Å². The number of thiocarbonyl (C=S) groups is 1. The summed E-state index contributed by atoms with van der Waals surface area (Å²) in [5.41, 5.74) is 11.5. The van der Waals surface area contributed by atoms with Gasteiger partial charge < -0.3 is 78.0 Å². The molecule has 4 atom stereocenters. The van der Waals surface area contributed by atoms with Gasteiger partial charge in [0.15, 0.2) is 10.7 Å². The highest BCUT2D eigenvalue weighted by atomic mass is 32.1. The minimum atomic E-state index is -4.95. The van der Waals surface area contributed by atoms with E-state index in [-0.39, 0.29) is 75.9 Å². The van der Waals surface area contributed by atoms with Gasteiger partial charge in [-0.1, -0.05) is 38.1 Å². The van der Waals surface area contributed by atoms with Crippen LogP contribution in [-0.4, -0.2) is 115 Å². The highest BCUT2D eigenvalue weighted by Gasteiger charge is 2.54. The number of phenolic OH excluding ortho intramolecular Hbond substituents is 2. The predicted molar refractivity (Wildman–Crippen MR) is 291 cm³/mol. The number of nitrogens with two attached hydrogens (primary N) is 2. The molecule has 0 aliphatic carbocycles. The summed E-state index contributed by atoms with van der Waals surface area (Å²) in [6.45, 7) is 1.94. The maximum atomic E-state index is 14.2. The van der Waals surface area contributed by atoms with Gasteiger partial charge in [-0.25, -0.2) is 9.36 Å². The van der Waals surface area contributed by atoms with Gasteiger partial charge in [0.1, 0.15) is 52.9 Å². The summed E-state index contributed by atoms with van der Waals surface area (Å²) in [4.78, 5) is 124. The fourth-order valence-corrected chi connectivity index (χ4v) is 9.50. The van der Waals surface area contributed by atoms with E-state index >= 15 is 0 Å². The number of anilines is 2. The van der Waals surface area contributed by atoms with Crippen molar-refractivity contribution in [2.75, 3.05) is 23.8 Å². The molecule has 0 radical (unpaired) electrons. The molecule has 7 amide bonds. The van der Waals surface area contributed by atoms with Crippen molar-refractivity contribution >= 4 is 83.8 Å². The Morgan fingerprint density at radius 3 is 1.91 bits per heavy atom. The van der Waals surface area contributed by atoms with Crippen LogP contribution in [0.5, 0.6) is 28.7 Å². The van der Waals surface area contributed by atoms with Gasteiger partial charge in [0, 0.05) is 58.6 Å². The van der Waals surface area contributed by atoms with E-state index in [1.54, 1.807) is 44.2 Å². The molecular weight excluding hydrogens is 1100 g/mol. The largest absolute Gasteiger partial charge is 0.524 e. The number of primary amides is 2. The Morgan fingerprint density at radius 1 is 0.716 bits per heavy atom. The summed E-state index contributed by atoms with van der Waals surface area (Å²) in [7, 11) is -4.95. The number of hydrogen-bond donors (Lipinski definition) is 14. The lowest BCUT2D eigenvalue weighted by molar-refractivity contribution is -0.133. The summed E-state index contributed by atoms with van der Waals surface area (Å²) >= 11 is 5.62. The molecule has 0 bridgehead atoms. The lowest BCUT2D eigenvalue weighted by atomic mass is 9.77. The third kappa shape index (κ3) is 15.0. The fourth-order valence-electron chi connectivity index (χ4n) is 8.87. The Kier molecular flexibility index (Phi) is 18.6. The van der Waals surface area contributed by atoms with Crippen LogP contribution in [0.25, 0.3) is 0 Å². The smallest absolute Gasteiger partial charge is 0.508 e. The molecule has 0 saturated carbocycles. The average Bonchev–Trinajstić information content (AvgIpc) is 3.99. The molecule has 5 aromatic carbocycles. The molecule has 5 aromatic rings. The summed E-state index contributed by atoms with van der Waals surface area (Å²) in [6, 6.07) is 18.9. The second-order valence-electron chi connectivity index (χ2n) is 19.1. The molecule has 0 fully saturated rings. The molecule has 28 heteroatoms. The quantitative estimate of drug-likeness (QED) is 0.0251. The fraction of sp³-hybridized carbons (Fsp3) is 0.264. The number of amides is 7. The number of fused-ring (bicyclic) bond motifs is 6. The van der Waals surface area contributed by atoms with Crippen LogP contribution in [0, 0.1) is 5.92 Å². The molecule has 2 aliphatic heterocycles. The van der Waals surface area contributed by atoms with Gasteiger partial charge in [-0.3, -0.25) is 43.3 Å². The Bertz CT molecular complexity index is 3310. The monoisotopic (exact) mass is 1150 g/mol. The third-order valence-electron chi connectivity index (χ3n) is 12.6. The van der Waals surface area contributed by atoms with E-state index in [1.807, 2.05) is 0 Å². The first-order chi connectivity index (χ1) is 38.3. The minimum Gasteiger partial charge on any atom is -0.508 e. The van der Waals surface area contributed by atoms with E-state index in [4.69, 9.17) is 33.2 Å². The molecule has 0 saturated heterocycles. The number of aromatic hydroxyl groups is 2. The van der Waals surface area contributed by atoms with Crippen LogP contribution in [0.15, 0.2) is 103 Å². The molecular formula is C53H56N9O17PS. The highest BCUT2D eigenvalue weighted by Crippen LogP contribution is 2.57. The Labute approximate surface area is 466 Å². The highest BCUT2D eigenvalue weighted by molar-refractivity contribution is 7.80. The van der Waals surface area contributed by atoms with Crippen molar-refractivity contribution in [1.82, 2.24) is 26.6 Å². The molecule has 7 rings (SSSR count). The van der Waals surface area contributed by atoms with Crippen molar-refractivity contribution < 1.29 is 82.0 Å². The molecule has 0 aromatic heterocycles. The Hall–Kier alpha value is -9.14. The number of aliphatic hydroxyl groups is 1. The van der Waals surface area contributed by atoms with Crippen molar-refractivity contribution in [1.29, 1.82) is 0 Å². The van der Waals surface area contributed by atoms with Gasteiger partial charge in [0.2, 0.25) is 35.4 Å². The van der Waals surface area contributed by atoms with Crippen molar-refractivity contribution in [2.45, 2.75) is 69.3 Å². The van der Waals surface area contributed by atoms with Crippen LogP contribution in [0.2, 0.25) is 0 Å². The molecule has 26 nitrogen and oxygen atoms in total. The Balaban J connectivity index is 1.06. The van der Waals surface area contributed by atoms with E-state index in [9.17, 15) is 68.0 Å². The number of hydrogen-bond acceptors (Lipinski definition) is 16. The van der Waals surface area contributed by atoms with Crippen LogP contribution in [0.4, 0.5) is 11.4 Å². The number of carbonyl (C=O) groups excluding carboxylic acids is 8. The number of carbonyl (C=O) groups is 8. The van der Waals surface area contributed by atoms with E-state index in [0.29, 0.717) is 27.9 Å². The first-order valence-electron chi connectivity index (χ1n) is 24.7. The molecule has 2 aliphatic rings. The number of rotatable bonds is 23. The summed E-state index contributed by atoms with van der Waals surface area (Å²) in [6.07, 6.45) is -1.04. The van der Waals surface area contributed by atoms with Gasteiger partial charge in [0.25, 0.3) is 5.91 Å². The zero-order chi connectivity index (χ0) is 58.9. The van der Waals surface area contributed by atoms with Crippen LogP contribution in [0.3, 0.4) is 0 Å². The Morgan fingerprint density at radius 2 is 1.32 bits per heavy atom. The van der Waals surface area contributed by atoms with E-state index in [0.717, 1.165) is 0 Å². The van der Waals surface area contributed by atoms with Gasteiger partial charge in [-0.2, -0.15) is 0 Å². The third-order valence-corrected chi connectivity index (χ3v) is 13.2. The standard InChI is InChI=1S/C53H56N9O17PS/c1-26(2)18-39(49(71)62-41(25-63)46(55)68)59-45(67)24-56-48(70)38(16-17-44(54)66)60-50(72)40(19-27-6-11-33(12-7-27)79-80(74,75)76)61-47(69)28-4-3-5-29(20-28)57-52(81)58-30-8-13-35-34(21-30)51(73)78-53(35)36-14-9-31(64)22-42(36)77-43-23-32(65)10-15-37(43)53/h3-15,20-23,26,38-41,63-65H,16-19,24-25H2,1-2H3,(H2,54,66)(H2,55,68)(H,56,70)(H,59,67)(H,60,72)(H,61,69)(H,62,71)(H2,57,58,81)(H2,74,75,76)/t38-,39-,40-,41-/m0/s1. The van der Waals surface area contributed by atoms with Crippen LogP contribution < -0.4 is 57.9 Å². The van der Waals surface area contributed by atoms with Gasteiger partial charge in [-0.05, 0) is 103 Å². The SMILES string of the molecule is CC(C)C[C@H](NC(=O)CNC(=O)[C@H](CCC(N)=O)NC(=O)[C@H](Cc1ccc(OP(=O)(O)O)cc1)NC(=O)c1cccc(NC(=S)Nc2ccc3c(c2)C(=O)OC32c3ccc(O)cc3Oc3cc(O)ccc32)c1)C(=O)N[C@@H](CO)C(N)=O. The number of phenols is 2. The number of benzene rings is 5. The van der Waals surface area contributed by atoms with E-state index in [1.165, 1.54) is 72.8 Å². The van der Waals surface area contributed by atoms with E-state index < -0.39 is 104 Å². The molecule has 81 heavy (non-hydrogen) atoms. The topological polar surface area (TPSA) is 419 Å². The first kappa shape index (κ1) is 59.5. The maximum absolute atomic E-state index is 14.2. The summed E-state index contributed by atoms with van der Waals surface area (Å²) in [5, 5.41) is 48.1. The number of esters is 1. The van der Waals surface area contributed by atoms with Crippen LogP contribution in [0.1, 0.15) is 76.1 Å². The minimum absolute atomic E-state index is 0.00442. The summed E-state index contributed by atoms with van der Waals surface area (Å²) in [5.74, 6) is -7.23. The lowest BCUT2D eigenvalue weighted by Gasteiger charge is -2.36. The normalized spacial score (nSPS) is 14.2. The van der Waals surface area contributed by atoms with E-state index in [2.05, 4.69) is 41.7 Å². The molecule has 2 heterocycles. The lowest BCUT2D eigenvalue weighted by Crippen LogP contribution is -2.57. The van der Waals surface area contributed by atoms with Crippen molar-refractivity contribution in [3.8, 4) is 28.7 Å². The number of ether oxygens (including phenoxy) is 2. The first-order valence-corrected chi connectivity index (χ1v) is 26.7. The number of nitrogens with one attached hydrogen (secondary N) is 7. The van der Waals surface area contributed by atoms with Gasteiger partial charge in [0.05, 0.1) is 18.7 Å². The van der Waals surface area contributed by atoms with Crippen molar-refractivity contribution in [3.63, 3.8) is 0 Å². The van der Waals surface area contributed by atoms with Crippen molar-refractivity contribution in [2.24, 2.45) is 17.4 Å². The second kappa shape index (κ2) is 25.3. The number of phosphoric acid groups is 1. The average molecular weight is 1150 g/mol. The zero-order valence-electron chi connectivity index (χ0n) is 43.1. The molecule has 0 unspecified atom stereocenters. The second-order valence-corrected chi connectivity index (χ2v) is 20.7. The molecule has 1 spiro atoms. The maximum Gasteiger partial charge on any atom is 0.524 e. The molecule has 16 N–H and O–H groups in total. The van der Waals surface area contributed by atoms with Gasteiger partial charge >= 0.3 is 13.8 Å².